The first-order chi connectivity index (χ1) is 6.58. The predicted molar refractivity (Wildman–Crippen MR) is 53.6 cm³/mol. The number of allylic oxidation sites excluding steroid dienone is 1. The Morgan fingerprint density at radius 3 is 2.86 bits per heavy atom. The first kappa shape index (κ1) is 10.8. The van der Waals surface area contributed by atoms with E-state index in [9.17, 15) is 9.59 Å². The molecule has 0 spiro atoms. The number of rotatable bonds is 3. The molecule has 2 amide bonds. The number of hydrogen-bond donors (Lipinski definition) is 2. The van der Waals surface area contributed by atoms with E-state index in [4.69, 9.17) is 0 Å². The molecule has 4 heteroatoms. The molecule has 0 bridgehead atoms. The standard InChI is InChI=1S/C10H16N2O2/c1-7(2)5-10(14)11-6-8-3-4-9(13)12-8/h5,8H,3-4,6H2,1-2H3,(H,11,14)(H,12,13). The van der Waals surface area contributed by atoms with Gasteiger partial charge in [-0.3, -0.25) is 9.59 Å². The van der Waals surface area contributed by atoms with Crippen LogP contribution < -0.4 is 10.6 Å². The predicted octanol–water partition coefficient (Wildman–Crippen LogP) is 0.347. The summed E-state index contributed by atoms with van der Waals surface area (Å²) in [5, 5.41) is 5.53. The Morgan fingerprint density at radius 1 is 1.64 bits per heavy atom. The van der Waals surface area contributed by atoms with Gasteiger partial charge in [0.2, 0.25) is 11.8 Å². The third kappa shape index (κ3) is 3.60. The lowest BCUT2D eigenvalue weighted by Gasteiger charge is -2.09. The largest absolute Gasteiger partial charge is 0.352 e. The summed E-state index contributed by atoms with van der Waals surface area (Å²) in [6, 6.07) is 0.108. The van der Waals surface area contributed by atoms with E-state index in [0.717, 1.165) is 12.0 Å². The lowest BCUT2D eigenvalue weighted by atomic mass is 10.2. The van der Waals surface area contributed by atoms with Gasteiger partial charge >= 0.3 is 0 Å². The maximum Gasteiger partial charge on any atom is 0.243 e. The number of nitrogens with one attached hydrogen (secondary N) is 2. The molecule has 1 rings (SSSR count). The Hall–Kier alpha value is -1.32. The number of carbonyl (C=O) groups is 2. The highest BCUT2D eigenvalue weighted by Crippen LogP contribution is 2.04. The fourth-order valence-corrected chi connectivity index (χ4v) is 1.37. The number of carbonyl (C=O) groups excluding carboxylic acids is 2. The highest BCUT2D eigenvalue weighted by molar-refractivity contribution is 5.88. The Balaban J connectivity index is 2.24. The molecule has 0 aromatic rings. The van der Waals surface area contributed by atoms with Crippen LogP contribution >= 0.6 is 0 Å². The van der Waals surface area contributed by atoms with Crippen LogP contribution in [0.25, 0.3) is 0 Å². The van der Waals surface area contributed by atoms with Gasteiger partial charge in [-0.25, -0.2) is 0 Å². The van der Waals surface area contributed by atoms with Crippen molar-refractivity contribution >= 4 is 11.8 Å². The second-order valence-electron chi connectivity index (χ2n) is 3.77. The molecule has 2 N–H and O–H groups in total. The second kappa shape index (κ2) is 4.79. The third-order valence-electron chi connectivity index (χ3n) is 2.03. The smallest absolute Gasteiger partial charge is 0.243 e. The third-order valence-corrected chi connectivity index (χ3v) is 2.03. The van der Waals surface area contributed by atoms with Crippen LogP contribution in [-0.2, 0) is 9.59 Å². The Kier molecular flexibility index (Phi) is 3.68. The first-order valence-corrected chi connectivity index (χ1v) is 4.80. The van der Waals surface area contributed by atoms with Gasteiger partial charge in [-0.15, -0.1) is 0 Å². The van der Waals surface area contributed by atoms with Gasteiger partial charge in [0.05, 0.1) is 0 Å². The molecule has 1 fully saturated rings. The van der Waals surface area contributed by atoms with Crippen LogP contribution in [0.1, 0.15) is 26.7 Å². The summed E-state index contributed by atoms with van der Waals surface area (Å²) >= 11 is 0. The summed E-state index contributed by atoms with van der Waals surface area (Å²) in [6.07, 6.45) is 2.94. The minimum atomic E-state index is -0.0915. The highest BCUT2D eigenvalue weighted by atomic mass is 16.2. The van der Waals surface area contributed by atoms with E-state index >= 15 is 0 Å². The fourth-order valence-electron chi connectivity index (χ4n) is 1.37. The lowest BCUT2D eigenvalue weighted by Crippen LogP contribution is -2.37. The summed E-state index contributed by atoms with van der Waals surface area (Å²) in [6.45, 7) is 4.27. The van der Waals surface area contributed by atoms with Crippen LogP contribution in [0, 0.1) is 0 Å². The highest BCUT2D eigenvalue weighted by Gasteiger charge is 2.20. The molecule has 0 aromatic carbocycles. The summed E-state index contributed by atoms with van der Waals surface area (Å²) in [5.41, 5.74) is 0.970. The summed E-state index contributed by atoms with van der Waals surface area (Å²) in [7, 11) is 0. The van der Waals surface area contributed by atoms with Crippen LogP contribution in [0.2, 0.25) is 0 Å². The van der Waals surface area contributed by atoms with E-state index in [1.807, 2.05) is 13.8 Å². The van der Waals surface area contributed by atoms with Crippen LogP contribution in [0.3, 0.4) is 0 Å². The first-order valence-electron chi connectivity index (χ1n) is 4.80. The zero-order valence-electron chi connectivity index (χ0n) is 8.59. The van der Waals surface area contributed by atoms with Gasteiger partial charge in [0.15, 0.2) is 0 Å². The van der Waals surface area contributed by atoms with E-state index in [1.54, 1.807) is 6.08 Å². The Labute approximate surface area is 83.8 Å². The van der Waals surface area contributed by atoms with Gasteiger partial charge in [0, 0.05) is 25.1 Å². The van der Waals surface area contributed by atoms with Gasteiger partial charge in [-0.05, 0) is 20.3 Å². The molecule has 0 aliphatic carbocycles. The zero-order chi connectivity index (χ0) is 10.6. The normalized spacial score (nSPS) is 20.1. The minimum absolute atomic E-state index is 0.0754. The van der Waals surface area contributed by atoms with Crippen molar-refractivity contribution in [2.24, 2.45) is 0 Å². The summed E-state index contributed by atoms with van der Waals surface area (Å²) < 4.78 is 0. The molecule has 78 valence electrons. The molecule has 0 saturated carbocycles. The number of hydrogen-bond acceptors (Lipinski definition) is 2. The number of amides is 2. The van der Waals surface area contributed by atoms with E-state index in [1.165, 1.54) is 0 Å². The molecule has 1 atom stereocenters. The van der Waals surface area contributed by atoms with Crippen LogP contribution in [0.5, 0.6) is 0 Å². The molecular formula is C10H16N2O2. The maximum absolute atomic E-state index is 11.2. The van der Waals surface area contributed by atoms with E-state index in [0.29, 0.717) is 13.0 Å². The van der Waals surface area contributed by atoms with Gasteiger partial charge in [0.25, 0.3) is 0 Å². The van der Waals surface area contributed by atoms with Crippen molar-refractivity contribution in [2.75, 3.05) is 6.54 Å². The molecule has 0 radical (unpaired) electrons. The molecule has 0 aromatic heterocycles. The molecule has 14 heavy (non-hydrogen) atoms. The fraction of sp³-hybridized carbons (Fsp3) is 0.600. The minimum Gasteiger partial charge on any atom is -0.352 e. The molecule has 4 nitrogen and oxygen atoms in total. The molecule has 1 aliphatic heterocycles. The van der Waals surface area contributed by atoms with E-state index in [-0.39, 0.29) is 17.9 Å². The molecule has 1 saturated heterocycles. The topological polar surface area (TPSA) is 58.2 Å². The van der Waals surface area contributed by atoms with Crippen molar-refractivity contribution < 1.29 is 9.59 Å². The zero-order valence-corrected chi connectivity index (χ0v) is 8.59. The molecule has 1 aliphatic rings. The van der Waals surface area contributed by atoms with Crippen LogP contribution in [-0.4, -0.2) is 24.4 Å². The monoisotopic (exact) mass is 196 g/mol. The van der Waals surface area contributed by atoms with Gasteiger partial charge < -0.3 is 10.6 Å². The quantitative estimate of drug-likeness (QED) is 0.640. The molecule has 1 heterocycles. The Bertz CT molecular complexity index is 267. The van der Waals surface area contributed by atoms with Crippen molar-refractivity contribution in [3.05, 3.63) is 11.6 Å². The second-order valence-corrected chi connectivity index (χ2v) is 3.77. The average Bonchev–Trinajstić information content (AvgIpc) is 2.47. The van der Waals surface area contributed by atoms with Crippen molar-refractivity contribution in [3.63, 3.8) is 0 Å². The average molecular weight is 196 g/mol. The molecular weight excluding hydrogens is 180 g/mol. The Morgan fingerprint density at radius 2 is 2.36 bits per heavy atom. The van der Waals surface area contributed by atoms with Gasteiger partial charge in [0.1, 0.15) is 0 Å². The maximum atomic E-state index is 11.2. The SMILES string of the molecule is CC(C)=CC(=O)NCC1CCC(=O)N1. The van der Waals surface area contributed by atoms with Crippen LogP contribution in [0.4, 0.5) is 0 Å². The van der Waals surface area contributed by atoms with Gasteiger partial charge in [-0.2, -0.15) is 0 Å². The lowest BCUT2D eigenvalue weighted by molar-refractivity contribution is -0.120. The van der Waals surface area contributed by atoms with Crippen LogP contribution in [0.15, 0.2) is 11.6 Å². The summed E-state index contributed by atoms with van der Waals surface area (Å²) in [5.74, 6) is -0.0161. The van der Waals surface area contributed by atoms with E-state index < -0.39 is 0 Å². The van der Waals surface area contributed by atoms with Crippen molar-refractivity contribution in [1.82, 2.24) is 10.6 Å². The molecule has 1 unspecified atom stereocenters. The van der Waals surface area contributed by atoms with Crippen molar-refractivity contribution in [1.29, 1.82) is 0 Å². The van der Waals surface area contributed by atoms with Crippen molar-refractivity contribution in [2.45, 2.75) is 32.7 Å². The van der Waals surface area contributed by atoms with Gasteiger partial charge in [-0.1, -0.05) is 5.57 Å². The van der Waals surface area contributed by atoms with Crippen molar-refractivity contribution in [3.8, 4) is 0 Å². The van der Waals surface area contributed by atoms with E-state index in [2.05, 4.69) is 10.6 Å². The summed E-state index contributed by atoms with van der Waals surface area (Å²) in [4.78, 5) is 22.0.